The molecule has 4 rings (SSSR count). The Balaban J connectivity index is 1.69. The normalized spacial score (nSPS) is 10.8. The SMILES string of the molecule is CSc1ccc(-c2ccccc2NC(=O)c2c[nH]c3ccccc3c2=O)cc1. The van der Waals surface area contributed by atoms with Crippen LogP contribution >= 0.6 is 11.8 Å². The number of H-pyrrole nitrogens is 1. The van der Waals surface area contributed by atoms with Crippen molar-refractivity contribution in [3.8, 4) is 11.1 Å². The standard InChI is InChI=1S/C23H18N2O2S/c1-28-16-12-10-15(11-13-16)17-6-2-5-9-21(17)25-23(27)19-14-24-20-8-4-3-7-18(20)22(19)26/h2-14H,1H3,(H,24,26)(H,25,27). The Kier molecular flexibility index (Phi) is 5.00. The number of anilines is 1. The van der Waals surface area contributed by atoms with Crippen molar-refractivity contribution in [1.29, 1.82) is 0 Å². The Morgan fingerprint density at radius 1 is 0.929 bits per heavy atom. The van der Waals surface area contributed by atoms with E-state index in [1.54, 1.807) is 23.9 Å². The van der Waals surface area contributed by atoms with Crippen molar-refractivity contribution in [1.82, 2.24) is 4.98 Å². The molecule has 4 aromatic rings. The minimum atomic E-state index is -0.430. The summed E-state index contributed by atoms with van der Waals surface area (Å²) in [4.78, 5) is 29.7. The number of benzene rings is 3. The maximum absolute atomic E-state index is 12.8. The van der Waals surface area contributed by atoms with Crippen LogP contribution in [0.2, 0.25) is 0 Å². The number of carbonyl (C=O) groups excluding carboxylic acids is 1. The van der Waals surface area contributed by atoms with E-state index in [0.717, 1.165) is 11.1 Å². The molecule has 138 valence electrons. The van der Waals surface area contributed by atoms with Crippen molar-refractivity contribution < 1.29 is 4.79 Å². The highest BCUT2D eigenvalue weighted by Crippen LogP contribution is 2.29. The summed E-state index contributed by atoms with van der Waals surface area (Å²) in [7, 11) is 0. The van der Waals surface area contributed by atoms with E-state index < -0.39 is 5.91 Å². The lowest BCUT2D eigenvalue weighted by Crippen LogP contribution is -2.22. The van der Waals surface area contributed by atoms with Gasteiger partial charge in [-0.25, -0.2) is 0 Å². The number of hydrogen-bond acceptors (Lipinski definition) is 3. The number of hydrogen-bond donors (Lipinski definition) is 2. The van der Waals surface area contributed by atoms with E-state index >= 15 is 0 Å². The summed E-state index contributed by atoms with van der Waals surface area (Å²) in [5.41, 5.74) is 3.08. The molecule has 5 heteroatoms. The van der Waals surface area contributed by atoms with Crippen molar-refractivity contribution in [2.45, 2.75) is 4.90 Å². The van der Waals surface area contributed by atoms with Crippen molar-refractivity contribution in [3.05, 3.63) is 94.8 Å². The zero-order valence-electron chi connectivity index (χ0n) is 15.2. The third-order valence-corrected chi connectivity index (χ3v) is 5.35. The van der Waals surface area contributed by atoms with Crippen LogP contribution in [0.1, 0.15) is 10.4 Å². The molecular weight excluding hydrogens is 368 g/mol. The Morgan fingerprint density at radius 3 is 2.43 bits per heavy atom. The van der Waals surface area contributed by atoms with Gasteiger partial charge >= 0.3 is 0 Å². The number of thioether (sulfide) groups is 1. The summed E-state index contributed by atoms with van der Waals surface area (Å²) in [6.45, 7) is 0. The number of nitrogens with one attached hydrogen (secondary N) is 2. The van der Waals surface area contributed by atoms with Gasteiger partial charge in [-0.3, -0.25) is 9.59 Å². The van der Waals surface area contributed by atoms with Crippen molar-refractivity contribution in [3.63, 3.8) is 0 Å². The Labute approximate surface area is 166 Å². The van der Waals surface area contributed by atoms with E-state index in [4.69, 9.17) is 0 Å². The molecule has 0 aliphatic rings. The first-order chi connectivity index (χ1) is 13.7. The van der Waals surface area contributed by atoms with Gasteiger partial charge in [-0.2, -0.15) is 0 Å². The predicted octanol–water partition coefficient (Wildman–Crippen LogP) is 5.17. The van der Waals surface area contributed by atoms with E-state index in [9.17, 15) is 9.59 Å². The maximum atomic E-state index is 12.8. The number of carbonyl (C=O) groups is 1. The van der Waals surface area contributed by atoms with Gasteiger partial charge in [-0.05, 0) is 42.2 Å². The maximum Gasteiger partial charge on any atom is 0.261 e. The van der Waals surface area contributed by atoms with Gasteiger partial charge in [-0.15, -0.1) is 11.8 Å². The Bertz CT molecular complexity index is 1210. The summed E-state index contributed by atoms with van der Waals surface area (Å²) in [6, 6.07) is 22.9. The Morgan fingerprint density at radius 2 is 1.64 bits per heavy atom. The van der Waals surface area contributed by atoms with Crippen LogP contribution in [0.3, 0.4) is 0 Å². The number of fused-ring (bicyclic) bond motifs is 1. The summed E-state index contributed by atoms with van der Waals surface area (Å²) in [6.07, 6.45) is 3.50. The molecule has 1 aromatic heterocycles. The fraction of sp³-hybridized carbons (Fsp3) is 0.0435. The summed E-state index contributed by atoms with van der Waals surface area (Å²) >= 11 is 1.68. The first kappa shape index (κ1) is 18.1. The number of aromatic nitrogens is 1. The lowest BCUT2D eigenvalue weighted by atomic mass is 10.0. The first-order valence-electron chi connectivity index (χ1n) is 8.82. The third-order valence-electron chi connectivity index (χ3n) is 4.61. The molecule has 0 aliphatic carbocycles. The monoisotopic (exact) mass is 386 g/mol. The highest BCUT2D eigenvalue weighted by atomic mass is 32.2. The number of rotatable bonds is 4. The molecule has 0 unspecified atom stereocenters. The van der Waals surface area contributed by atoms with Crippen molar-refractivity contribution >= 4 is 34.3 Å². The van der Waals surface area contributed by atoms with E-state index in [0.29, 0.717) is 16.6 Å². The lowest BCUT2D eigenvalue weighted by Gasteiger charge is -2.12. The number of aromatic amines is 1. The zero-order chi connectivity index (χ0) is 19.5. The van der Waals surface area contributed by atoms with Crippen molar-refractivity contribution in [2.75, 3.05) is 11.6 Å². The van der Waals surface area contributed by atoms with Gasteiger partial charge in [0.05, 0.1) is 0 Å². The van der Waals surface area contributed by atoms with Gasteiger partial charge in [0, 0.05) is 33.2 Å². The third kappa shape index (κ3) is 3.44. The molecule has 0 saturated carbocycles. The molecule has 0 radical (unpaired) electrons. The highest BCUT2D eigenvalue weighted by Gasteiger charge is 2.15. The lowest BCUT2D eigenvalue weighted by molar-refractivity contribution is 0.102. The van der Waals surface area contributed by atoms with E-state index in [1.165, 1.54) is 11.1 Å². The summed E-state index contributed by atoms with van der Waals surface area (Å²) < 4.78 is 0. The number of amides is 1. The largest absolute Gasteiger partial charge is 0.360 e. The molecule has 0 atom stereocenters. The molecule has 0 saturated heterocycles. The van der Waals surface area contributed by atoms with Crippen LogP contribution in [-0.4, -0.2) is 17.1 Å². The first-order valence-corrected chi connectivity index (χ1v) is 10.0. The summed E-state index contributed by atoms with van der Waals surface area (Å²) in [5.74, 6) is -0.430. The topological polar surface area (TPSA) is 62.0 Å². The number of para-hydroxylation sites is 2. The fourth-order valence-corrected chi connectivity index (χ4v) is 3.55. The Hall–Kier alpha value is -3.31. The van der Waals surface area contributed by atoms with Crippen LogP contribution in [0, 0.1) is 0 Å². The van der Waals surface area contributed by atoms with Crippen LogP contribution in [0.4, 0.5) is 5.69 Å². The fourth-order valence-electron chi connectivity index (χ4n) is 3.14. The zero-order valence-corrected chi connectivity index (χ0v) is 16.0. The van der Waals surface area contributed by atoms with Gasteiger partial charge in [0.1, 0.15) is 5.56 Å². The van der Waals surface area contributed by atoms with E-state index in [2.05, 4.69) is 10.3 Å². The molecule has 3 aromatic carbocycles. The average molecular weight is 386 g/mol. The molecule has 2 N–H and O–H groups in total. The van der Waals surface area contributed by atoms with Crippen LogP contribution in [0.15, 0.2) is 88.7 Å². The average Bonchev–Trinajstić information content (AvgIpc) is 2.74. The minimum absolute atomic E-state index is 0.0891. The van der Waals surface area contributed by atoms with Gasteiger partial charge in [-0.1, -0.05) is 42.5 Å². The van der Waals surface area contributed by atoms with Crippen LogP contribution in [0.25, 0.3) is 22.0 Å². The molecule has 1 amide bonds. The minimum Gasteiger partial charge on any atom is -0.360 e. The highest BCUT2D eigenvalue weighted by molar-refractivity contribution is 7.98. The van der Waals surface area contributed by atoms with Crippen LogP contribution in [-0.2, 0) is 0 Å². The van der Waals surface area contributed by atoms with E-state index in [-0.39, 0.29) is 11.0 Å². The summed E-state index contributed by atoms with van der Waals surface area (Å²) in [5, 5.41) is 3.39. The quantitative estimate of drug-likeness (QED) is 0.476. The van der Waals surface area contributed by atoms with Crippen molar-refractivity contribution in [2.24, 2.45) is 0 Å². The smallest absolute Gasteiger partial charge is 0.261 e. The molecule has 0 aliphatic heterocycles. The van der Waals surface area contributed by atoms with Gasteiger partial charge in [0.25, 0.3) is 5.91 Å². The van der Waals surface area contributed by atoms with Gasteiger partial charge in [0.15, 0.2) is 0 Å². The number of pyridine rings is 1. The van der Waals surface area contributed by atoms with Crippen LogP contribution < -0.4 is 10.7 Å². The van der Waals surface area contributed by atoms with Gasteiger partial charge < -0.3 is 10.3 Å². The van der Waals surface area contributed by atoms with Crippen LogP contribution in [0.5, 0.6) is 0 Å². The molecule has 0 spiro atoms. The second kappa shape index (κ2) is 7.74. The predicted molar refractivity (Wildman–Crippen MR) is 116 cm³/mol. The molecule has 0 fully saturated rings. The molecular formula is C23H18N2O2S. The molecule has 0 bridgehead atoms. The second-order valence-electron chi connectivity index (χ2n) is 6.31. The van der Waals surface area contributed by atoms with Gasteiger partial charge in [0.2, 0.25) is 5.43 Å². The molecule has 4 nitrogen and oxygen atoms in total. The second-order valence-corrected chi connectivity index (χ2v) is 7.18. The molecule has 28 heavy (non-hydrogen) atoms. The van der Waals surface area contributed by atoms with E-state index in [1.807, 2.05) is 66.9 Å². The molecule has 1 heterocycles.